The van der Waals surface area contributed by atoms with Crippen LogP contribution >= 0.6 is 0 Å². The maximum Gasteiger partial charge on any atom is 0.309 e. The third-order valence-corrected chi connectivity index (χ3v) is 6.24. The van der Waals surface area contributed by atoms with Crippen LogP contribution in [0, 0.1) is 0 Å². The number of fused-ring (bicyclic) bond motifs is 1. The molecule has 1 aliphatic carbocycles. The first-order valence-electron chi connectivity index (χ1n) is 10.7. The van der Waals surface area contributed by atoms with E-state index in [2.05, 4.69) is 34.9 Å². The zero-order valence-corrected chi connectivity index (χ0v) is 16.8. The molecule has 2 atom stereocenters. The van der Waals surface area contributed by atoms with Crippen LogP contribution in [0.15, 0.2) is 47.1 Å². The highest BCUT2D eigenvalue weighted by Gasteiger charge is 2.31. The molecule has 3 N–H and O–H groups in total. The number of nitrogens with one attached hydrogen (secondary N) is 3. The Kier molecular flexibility index (Phi) is 6.30. The van der Waals surface area contributed by atoms with Gasteiger partial charge in [0.25, 0.3) is 0 Å². The third kappa shape index (κ3) is 4.88. The van der Waals surface area contributed by atoms with Crippen molar-refractivity contribution in [3.8, 4) is 0 Å². The smallest absolute Gasteiger partial charge is 0.309 e. The van der Waals surface area contributed by atoms with Crippen molar-refractivity contribution in [1.29, 1.82) is 0 Å². The van der Waals surface area contributed by atoms with Crippen molar-refractivity contribution in [2.45, 2.75) is 57.2 Å². The van der Waals surface area contributed by atoms with Crippen LogP contribution in [-0.4, -0.2) is 30.9 Å². The quantitative estimate of drug-likeness (QED) is 0.671. The number of hydrogen-bond donors (Lipinski definition) is 3. The average molecular weight is 397 g/mol. The van der Waals surface area contributed by atoms with Crippen LogP contribution in [0.4, 0.5) is 0 Å². The maximum atomic E-state index is 12.4. The van der Waals surface area contributed by atoms with Crippen molar-refractivity contribution in [1.82, 2.24) is 10.6 Å². The number of benzene rings is 1. The van der Waals surface area contributed by atoms with Gasteiger partial charge in [0.1, 0.15) is 6.54 Å². The summed E-state index contributed by atoms with van der Waals surface area (Å²) in [7, 11) is 0. The zero-order valence-electron chi connectivity index (χ0n) is 16.8. The molecule has 4 rings (SSSR count). The minimum absolute atomic E-state index is 0.0233. The number of furan rings is 1. The summed E-state index contributed by atoms with van der Waals surface area (Å²) in [6.07, 6.45) is 8.04. The molecule has 2 aromatic rings. The van der Waals surface area contributed by atoms with Gasteiger partial charge in [0, 0.05) is 18.0 Å². The highest BCUT2D eigenvalue weighted by atomic mass is 16.3. The van der Waals surface area contributed by atoms with Gasteiger partial charge >= 0.3 is 11.8 Å². The largest absolute Gasteiger partial charge is 0.463 e. The van der Waals surface area contributed by atoms with E-state index < -0.39 is 11.8 Å². The predicted octanol–water partition coefficient (Wildman–Crippen LogP) is 1.53. The molecule has 1 fully saturated rings. The molecule has 1 saturated carbocycles. The number of carbonyl (C=O) groups excluding carboxylic acids is 2. The minimum atomic E-state index is -0.552. The van der Waals surface area contributed by atoms with Crippen molar-refractivity contribution in [3.63, 3.8) is 0 Å². The average Bonchev–Trinajstić information content (AvgIpc) is 3.29. The number of hydrogen-bond acceptors (Lipinski definition) is 3. The Morgan fingerprint density at radius 1 is 1.03 bits per heavy atom. The maximum absolute atomic E-state index is 12.4. The van der Waals surface area contributed by atoms with Gasteiger partial charge in [0.15, 0.2) is 11.8 Å². The Labute approximate surface area is 171 Å². The number of amides is 2. The fourth-order valence-corrected chi connectivity index (χ4v) is 4.61. The number of rotatable bonds is 5. The first kappa shape index (κ1) is 19.7. The van der Waals surface area contributed by atoms with Gasteiger partial charge in [-0.05, 0) is 30.5 Å². The molecule has 29 heavy (non-hydrogen) atoms. The second kappa shape index (κ2) is 9.27. The predicted molar refractivity (Wildman–Crippen MR) is 109 cm³/mol. The second-order valence-corrected chi connectivity index (χ2v) is 8.19. The van der Waals surface area contributed by atoms with Crippen LogP contribution in [0.5, 0.6) is 0 Å². The van der Waals surface area contributed by atoms with Crippen LogP contribution in [-0.2, 0) is 22.6 Å². The van der Waals surface area contributed by atoms with E-state index in [1.165, 1.54) is 22.4 Å². The first-order valence-corrected chi connectivity index (χ1v) is 10.7. The number of quaternary nitrogens is 1. The summed E-state index contributed by atoms with van der Waals surface area (Å²) in [4.78, 5) is 26.0. The van der Waals surface area contributed by atoms with E-state index >= 15 is 0 Å². The summed E-state index contributed by atoms with van der Waals surface area (Å²) in [5.74, 6) is -0.231. The Morgan fingerprint density at radius 3 is 2.59 bits per heavy atom. The molecule has 1 aromatic carbocycles. The molecular weight excluding hydrogens is 366 g/mol. The third-order valence-electron chi connectivity index (χ3n) is 6.24. The van der Waals surface area contributed by atoms with Crippen LogP contribution in [0.2, 0.25) is 0 Å². The van der Waals surface area contributed by atoms with E-state index in [-0.39, 0.29) is 12.1 Å². The summed E-state index contributed by atoms with van der Waals surface area (Å²) >= 11 is 0. The van der Waals surface area contributed by atoms with Gasteiger partial charge in [0.05, 0.1) is 19.4 Å². The van der Waals surface area contributed by atoms with Gasteiger partial charge in [-0.2, -0.15) is 0 Å². The molecular formula is C23H30N3O3+. The first-order chi connectivity index (χ1) is 14.2. The fraction of sp³-hybridized carbons (Fsp3) is 0.478. The molecule has 0 spiro atoms. The topological polar surface area (TPSA) is 75.8 Å². The highest BCUT2D eigenvalue weighted by Crippen LogP contribution is 2.17. The summed E-state index contributed by atoms with van der Waals surface area (Å²) in [6.45, 7) is 2.22. The molecule has 1 unspecified atom stereocenters. The van der Waals surface area contributed by atoms with E-state index in [1.807, 2.05) is 12.1 Å². The molecule has 2 aliphatic rings. The summed E-state index contributed by atoms with van der Waals surface area (Å²) in [5.41, 5.74) is 2.73. The SMILES string of the molecule is O=C(NC[C@H](c1ccco1)[NH+]1CCc2ccccc2C1)C(=O)NC1CCCCC1. The molecule has 2 amide bonds. The zero-order chi connectivity index (χ0) is 20.1. The fourth-order valence-electron chi connectivity index (χ4n) is 4.61. The van der Waals surface area contributed by atoms with E-state index in [1.54, 1.807) is 6.26 Å². The summed E-state index contributed by atoms with van der Waals surface area (Å²) in [5, 5.41) is 5.74. The van der Waals surface area contributed by atoms with E-state index in [9.17, 15) is 9.59 Å². The van der Waals surface area contributed by atoms with Crippen molar-refractivity contribution in [2.75, 3.05) is 13.1 Å². The van der Waals surface area contributed by atoms with Crippen molar-refractivity contribution >= 4 is 11.8 Å². The van der Waals surface area contributed by atoms with Gasteiger partial charge in [-0.15, -0.1) is 0 Å². The van der Waals surface area contributed by atoms with E-state index in [0.29, 0.717) is 6.54 Å². The summed E-state index contributed by atoms with van der Waals surface area (Å²) in [6, 6.07) is 12.4. The lowest BCUT2D eigenvalue weighted by Crippen LogP contribution is -3.12. The lowest BCUT2D eigenvalue weighted by molar-refractivity contribution is -0.946. The normalized spacial score (nSPS) is 20.5. The molecule has 1 aromatic heterocycles. The van der Waals surface area contributed by atoms with Gasteiger partial charge < -0.3 is 20.0 Å². The van der Waals surface area contributed by atoms with Crippen molar-refractivity contribution in [2.24, 2.45) is 0 Å². The van der Waals surface area contributed by atoms with Crippen LogP contribution < -0.4 is 15.5 Å². The Morgan fingerprint density at radius 2 is 1.83 bits per heavy atom. The monoisotopic (exact) mass is 396 g/mol. The molecule has 6 nitrogen and oxygen atoms in total. The lowest BCUT2D eigenvalue weighted by atomic mass is 9.95. The van der Waals surface area contributed by atoms with Crippen LogP contribution in [0.25, 0.3) is 0 Å². The van der Waals surface area contributed by atoms with Crippen molar-refractivity contribution < 1.29 is 18.9 Å². The van der Waals surface area contributed by atoms with Crippen molar-refractivity contribution in [3.05, 3.63) is 59.5 Å². The van der Waals surface area contributed by atoms with E-state index in [0.717, 1.165) is 51.0 Å². The Hall–Kier alpha value is -2.60. The molecule has 1 aliphatic heterocycles. The van der Waals surface area contributed by atoms with Gasteiger partial charge in [-0.1, -0.05) is 43.5 Å². The van der Waals surface area contributed by atoms with Gasteiger partial charge in [-0.3, -0.25) is 9.59 Å². The lowest BCUT2D eigenvalue weighted by Gasteiger charge is -2.31. The van der Waals surface area contributed by atoms with Gasteiger partial charge in [-0.25, -0.2) is 0 Å². The van der Waals surface area contributed by atoms with Gasteiger partial charge in [0.2, 0.25) is 0 Å². The molecule has 6 heteroatoms. The standard InChI is InChI=1S/C23H29N3O3/c27-22(23(28)25-19-9-2-1-3-10-19)24-15-20(21-11-6-14-29-21)26-13-12-17-7-4-5-8-18(17)16-26/h4-8,11,14,19-20H,1-3,9-10,12-13,15-16H2,(H,24,27)(H,25,28)/p+1/t20-/m1/s1. The Balaban J connectivity index is 1.38. The molecule has 154 valence electrons. The summed E-state index contributed by atoms with van der Waals surface area (Å²) < 4.78 is 5.68. The van der Waals surface area contributed by atoms with Crippen LogP contribution in [0.1, 0.15) is 55.0 Å². The Bertz CT molecular complexity index is 828. The van der Waals surface area contributed by atoms with Crippen LogP contribution in [0.3, 0.4) is 0 Å². The highest BCUT2D eigenvalue weighted by molar-refractivity contribution is 6.35. The molecule has 0 saturated heterocycles. The molecule has 2 heterocycles. The van der Waals surface area contributed by atoms with E-state index in [4.69, 9.17) is 4.42 Å². The molecule has 0 radical (unpaired) electrons. The number of carbonyl (C=O) groups is 2. The minimum Gasteiger partial charge on any atom is -0.463 e. The molecule has 0 bridgehead atoms. The second-order valence-electron chi connectivity index (χ2n) is 8.19.